The predicted octanol–water partition coefficient (Wildman–Crippen LogP) is 3.05. The molecule has 6 nitrogen and oxygen atoms in total. The molecule has 0 unspecified atom stereocenters. The summed E-state index contributed by atoms with van der Waals surface area (Å²) in [6.07, 6.45) is 4.31. The smallest absolute Gasteiger partial charge is 0.298 e. The number of amides is 1. The Balaban J connectivity index is 1.90. The number of nitrogens with zero attached hydrogens (tertiary/aromatic N) is 3. The molecule has 0 aliphatic carbocycles. The van der Waals surface area contributed by atoms with Gasteiger partial charge in [0.05, 0.1) is 6.20 Å². The van der Waals surface area contributed by atoms with Gasteiger partial charge < -0.3 is 5.32 Å². The molecule has 124 valence electrons. The van der Waals surface area contributed by atoms with Gasteiger partial charge in [-0.15, -0.1) is 0 Å². The largest absolute Gasteiger partial charge is 0.316 e. The molecule has 0 saturated heterocycles. The Bertz CT molecular complexity index is 945. The van der Waals surface area contributed by atoms with Crippen molar-refractivity contribution in [3.63, 3.8) is 0 Å². The Morgan fingerprint density at radius 3 is 2.88 bits per heavy atom. The van der Waals surface area contributed by atoms with E-state index >= 15 is 0 Å². The number of rotatable bonds is 5. The third-order valence-electron chi connectivity index (χ3n) is 3.71. The number of aryl methyl sites for hydroxylation is 2. The van der Waals surface area contributed by atoms with Gasteiger partial charge in [0.15, 0.2) is 0 Å². The molecule has 0 atom stereocenters. The third-order valence-corrected chi connectivity index (χ3v) is 4.69. The van der Waals surface area contributed by atoms with Crippen LogP contribution in [-0.4, -0.2) is 20.5 Å². The average molecular weight is 342 g/mol. The molecule has 0 fully saturated rings. The van der Waals surface area contributed by atoms with Crippen LogP contribution in [0.2, 0.25) is 0 Å². The molecule has 0 radical (unpaired) electrons. The molecule has 0 aliphatic heterocycles. The molecule has 7 heteroatoms. The van der Waals surface area contributed by atoms with Crippen molar-refractivity contribution >= 4 is 27.9 Å². The number of nitrogens with one attached hydrogen (secondary N) is 1. The lowest BCUT2D eigenvalue weighted by atomic mass is 10.1. The van der Waals surface area contributed by atoms with Gasteiger partial charge in [0.2, 0.25) is 4.96 Å². The summed E-state index contributed by atoms with van der Waals surface area (Å²) in [6.45, 7) is 3.96. The van der Waals surface area contributed by atoms with E-state index in [1.54, 1.807) is 12.1 Å². The summed E-state index contributed by atoms with van der Waals surface area (Å²) in [7, 11) is 0. The van der Waals surface area contributed by atoms with E-state index in [4.69, 9.17) is 0 Å². The molecule has 0 saturated carbocycles. The summed E-state index contributed by atoms with van der Waals surface area (Å²) >= 11 is 1.41. The minimum Gasteiger partial charge on any atom is -0.316 e. The van der Waals surface area contributed by atoms with Crippen LogP contribution in [0.1, 0.15) is 40.7 Å². The summed E-state index contributed by atoms with van der Waals surface area (Å²) in [6, 6.07) is 7.22. The standard InChI is InChI=1S/C17H18N4O2S/c1-3-4-9-14-20-21-16(23)13(10-18-17(21)24-14)19-15(22)12-8-6-5-7-11(12)2/h5-8,10H,3-4,9H2,1-2H3,(H,19,22). The second kappa shape index (κ2) is 6.92. The number of benzene rings is 1. The quantitative estimate of drug-likeness (QED) is 0.773. The van der Waals surface area contributed by atoms with E-state index < -0.39 is 0 Å². The van der Waals surface area contributed by atoms with Gasteiger partial charge in [-0.2, -0.15) is 9.61 Å². The van der Waals surface area contributed by atoms with Crippen LogP contribution in [0.5, 0.6) is 0 Å². The molecular formula is C17H18N4O2S. The van der Waals surface area contributed by atoms with Gasteiger partial charge in [-0.25, -0.2) is 4.98 Å². The predicted molar refractivity (Wildman–Crippen MR) is 94.9 cm³/mol. The van der Waals surface area contributed by atoms with Crippen molar-refractivity contribution in [1.29, 1.82) is 0 Å². The van der Waals surface area contributed by atoms with Crippen molar-refractivity contribution in [2.75, 3.05) is 5.32 Å². The molecule has 3 aromatic rings. The molecule has 24 heavy (non-hydrogen) atoms. The molecule has 1 N–H and O–H groups in total. The zero-order valence-electron chi connectivity index (χ0n) is 13.6. The van der Waals surface area contributed by atoms with E-state index in [9.17, 15) is 9.59 Å². The number of unbranched alkanes of at least 4 members (excludes halogenated alkanes) is 1. The molecule has 2 aromatic heterocycles. The van der Waals surface area contributed by atoms with Gasteiger partial charge in [-0.3, -0.25) is 9.59 Å². The number of carbonyl (C=O) groups excluding carboxylic acids is 1. The van der Waals surface area contributed by atoms with E-state index in [1.165, 1.54) is 22.0 Å². The number of aromatic nitrogens is 3. The van der Waals surface area contributed by atoms with E-state index in [-0.39, 0.29) is 17.2 Å². The summed E-state index contributed by atoms with van der Waals surface area (Å²) < 4.78 is 1.27. The lowest BCUT2D eigenvalue weighted by Crippen LogP contribution is -2.23. The van der Waals surface area contributed by atoms with E-state index in [0.29, 0.717) is 10.5 Å². The van der Waals surface area contributed by atoms with Crippen molar-refractivity contribution in [3.05, 3.63) is 57.0 Å². The summed E-state index contributed by atoms with van der Waals surface area (Å²) in [5.74, 6) is -0.326. The van der Waals surface area contributed by atoms with E-state index in [0.717, 1.165) is 29.8 Å². The SMILES string of the molecule is CCCCc1nn2c(=O)c(NC(=O)c3ccccc3C)cnc2s1. The van der Waals surface area contributed by atoms with Gasteiger partial charge in [0.1, 0.15) is 10.7 Å². The maximum atomic E-state index is 12.5. The first-order valence-corrected chi connectivity index (χ1v) is 8.66. The fourth-order valence-corrected chi connectivity index (χ4v) is 3.25. The van der Waals surface area contributed by atoms with E-state index in [1.807, 2.05) is 19.1 Å². The Hall–Kier alpha value is -2.54. The number of carbonyl (C=O) groups is 1. The first-order valence-electron chi connectivity index (χ1n) is 7.85. The molecule has 0 bridgehead atoms. The minimum atomic E-state index is -0.360. The second-order valence-electron chi connectivity index (χ2n) is 5.54. The van der Waals surface area contributed by atoms with Crippen molar-refractivity contribution in [1.82, 2.24) is 14.6 Å². The second-order valence-corrected chi connectivity index (χ2v) is 6.58. The molecule has 3 rings (SSSR count). The lowest BCUT2D eigenvalue weighted by Gasteiger charge is -2.06. The van der Waals surface area contributed by atoms with Crippen LogP contribution in [0.25, 0.3) is 4.96 Å². The molecule has 2 heterocycles. The Labute approximate surface area is 143 Å². The van der Waals surface area contributed by atoms with Crippen molar-refractivity contribution in [3.8, 4) is 0 Å². The molecular weight excluding hydrogens is 324 g/mol. The molecule has 0 spiro atoms. The fraction of sp³-hybridized carbons (Fsp3) is 0.294. The molecule has 1 aromatic carbocycles. The third kappa shape index (κ3) is 3.21. The topological polar surface area (TPSA) is 76.4 Å². The normalized spacial score (nSPS) is 10.9. The minimum absolute atomic E-state index is 0.132. The number of hydrogen-bond donors (Lipinski definition) is 1. The zero-order chi connectivity index (χ0) is 17.1. The Morgan fingerprint density at radius 1 is 1.33 bits per heavy atom. The number of fused-ring (bicyclic) bond motifs is 1. The van der Waals surface area contributed by atoms with Gasteiger partial charge in [0, 0.05) is 12.0 Å². The summed E-state index contributed by atoms with van der Waals surface area (Å²) in [4.78, 5) is 29.7. The summed E-state index contributed by atoms with van der Waals surface area (Å²) in [5.41, 5.74) is 1.15. The van der Waals surface area contributed by atoms with Crippen molar-refractivity contribution in [2.45, 2.75) is 33.1 Å². The monoisotopic (exact) mass is 342 g/mol. The van der Waals surface area contributed by atoms with Gasteiger partial charge in [-0.1, -0.05) is 42.9 Å². The van der Waals surface area contributed by atoms with Crippen LogP contribution in [0.15, 0.2) is 35.3 Å². The molecule has 1 amide bonds. The Morgan fingerprint density at radius 2 is 2.12 bits per heavy atom. The van der Waals surface area contributed by atoms with E-state index in [2.05, 4.69) is 22.3 Å². The van der Waals surface area contributed by atoms with Crippen LogP contribution in [0.3, 0.4) is 0 Å². The molecule has 0 aliphatic rings. The summed E-state index contributed by atoms with van der Waals surface area (Å²) in [5, 5.41) is 7.84. The van der Waals surface area contributed by atoms with Crippen LogP contribution in [0, 0.1) is 6.92 Å². The maximum Gasteiger partial charge on any atom is 0.298 e. The maximum absolute atomic E-state index is 12.5. The highest BCUT2D eigenvalue weighted by molar-refractivity contribution is 7.16. The number of hydrogen-bond acceptors (Lipinski definition) is 5. The van der Waals surface area contributed by atoms with Gasteiger partial charge in [-0.05, 0) is 25.0 Å². The zero-order valence-corrected chi connectivity index (χ0v) is 14.4. The lowest BCUT2D eigenvalue weighted by molar-refractivity contribution is 0.102. The van der Waals surface area contributed by atoms with Gasteiger partial charge in [0.25, 0.3) is 11.5 Å². The van der Waals surface area contributed by atoms with Crippen molar-refractivity contribution in [2.24, 2.45) is 0 Å². The van der Waals surface area contributed by atoms with Crippen LogP contribution in [-0.2, 0) is 6.42 Å². The van der Waals surface area contributed by atoms with Crippen LogP contribution >= 0.6 is 11.3 Å². The highest BCUT2D eigenvalue weighted by Crippen LogP contribution is 2.15. The van der Waals surface area contributed by atoms with Crippen LogP contribution in [0.4, 0.5) is 5.69 Å². The van der Waals surface area contributed by atoms with Crippen molar-refractivity contribution < 1.29 is 4.79 Å². The van der Waals surface area contributed by atoms with Crippen LogP contribution < -0.4 is 10.9 Å². The first kappa shape index (κ1) is 16.3. The highest BCUT2D eigenvalue weighted by Gasteiger charge is 2.14. The van der Waals surface area contributed by atoms with Gasteiger partial charge >= 0.3 is 0 Å². The Kier molecular flexibility index (Phi) is 4.71. The number of anilines is 1. The average Bonchev–Trinajstić information content (AvgIpc) is 3.00. The highest BCUT2D eigenvalue weighted by atomic mass is 32.1. The first-order chi connectivity index (χ1) is 11.6. The fourth-order valence-electron chi connectivity index (χ4n) is 2.36.